The number of nitrogens with zero attached hydrogens (tertiary/aromatic N) is 4. The lowest BCUT2D eigenvalue weighted by Gasteiger charge is -2.11. The van der Waals surface area contributed by atoms with E-state index in [0.717, 1.165) is 38.9 Å². The zero-order valence-corrected chi connectivity index (χ0v) is 34.3. The lowest BCUT2D eigenvalue weighted by Crippen LogP contribution is -2.00. The highest BCUT2D eigenvalue weighted by atomic mass is 32.1. The largest absolute Gasteiger partial charge is 0.309 e. The molecule has 3 heterocycles. The Balaban J connectivity index is 0.961. The third-order valence-corrected chi connectivity index (χ3v) is 13.0. The van der Waals surface area contributed by atoms with Crippen LogP contribution in [-0.2, 0) is 0 Å². The van der Waals surface area contributed by atoms with E-state index in [-0.39, 0.29) is 0 Å². The highest BCUT2D eigenvalue weighted by Crippen LogP contribution is 2.42. The molecule has 12 rings (SSSR count). The van der Waals surface area contributed by atoms with Crippen molar-refractivity contribution >= 4 is 53.3 Å². The van der Waals surface area contributed by atoms with Gasteiger partial charge in [0.1, 0.15) is 0 Å². The topological polar surface area (TPSA) is 43.6 Å². The third kappa shape index (κ3) is 6.26. The molecule has 0 aliphatic heterocycles. The van der Waals surface area contributed by atoms with E-state index in [1.165, 1.54) is 58.8 Å². The number of fused-ring (bicyclic) bond motifs is 6. The average molecular weight is 809 g/mol. The van der Waals surface area contributed by atoms with Gasteiger partial charge < -0.3 is 4.57 Å². The van der Waals surface area contributed by atoms with Crippen LogP contribution >= 0.6 is 11.3 Å². The van der Waals surface area contributed by atoms with Gasteiger partial charge in [-0.05, 0) is 88.0 Å². The van der Waals surface area contributed by atoms with E-state index in [2.05, 4.69) is 199 Å². The Morgan fingerprint density at radius 2 is 0.806 bits per heavy atom. The Labute approximate surface area is 362 Å². The van der Waals surface area contributed by atoms with Crippen LogP contribution < -0.4 is 0 Å². The number of benzene rings is 9. The number of rotatable bonds is 7. The zero-order chi connectivity index (χ0) is 41.0. The summed E-state index contributed by atoms with van der Waals surface area (Å²) in [6, 6.07) is 77.6. The quantitative estimate of drug-likeness (QED) is 0.161. The second-order valence-corrected chi connectivity index (χ2v) is 16.7. The van der Waals surface area contributed by atoms with Gasteiger partial charge in [0, 0.05) is 53.3 Å². The van der Waals surface area contributed by atoms with Crippen molar-refractivity contribution in [1.29, 1.82) is 0 Å². The number of aromatic nitrogens is 4. The molecule has 5 heteroatoms. The maximum absolute atomic E-state index is 5.20. The Hall–Kier alpha value is -7.99. The fourth-order valence-electron chi connectivity index (χ4n) is 8.86. The van der Waals surface area contributed by atoms with Gasteiger partial charge in [0.25, 0.3) is 0 Å². The molecule has 0 aliphatic rings. The van der Waals surface area contributed by atoms with Gasteiger partial charge >= 0.3 is 0 Å². The van der Waals surface area contributed by atoms with Crippen molar-refractivity contribution in [2.24, 2.45) is 0 Å². The lowest BCUT2D eigenvalue weighted by atomic mass is 9.96. The molecule has 0 saturated heterocycles. The minimum atomic E-state index is 0.644. The lowest BCUT2D eigenvalue weighted by molar-refractivity contribution is 1.08. The van der Waals surface area contributed by atoms with E-state index in [1.807, 2.05) is 24.3 Å². The number of hydrogen-bond donors (Lipinski definition) is 0. The van der Waals surface area contributed by atoms with Gasteiger partial charge in [-0.3, -0.25) is 0 Å². The van der Waals surface area contributed by atoms with Gasteiger partial charge in [0.15, 0.2) is 17.5 Å². The first-order valence-corrected chi connectivity index (χ1v) is 21.7. The predicted molar refractivity (Wildman–Crippen MR) is 260 cm³/mol. The van der Waals surface area contributed by atoms with Crippen LogP contribution in [0.25, 0.3) is 115 Å². The summed E-state index contributed by atoms with van der Waals surface area (Å²) in [6.07, 6.45) is 0. The third-order valence-electron chi connectivity index (χ3n) is 11.9. The Morgan fingerprint density at radius 3 is 1.55 bits per heavy atom. The van der Waals surface area contributed by atoms with E-state index in [0.29, 0.717) is 17.5 Å². The summed E-state index contributed by atoms with van der Waals surface area (Å²) >= 11 is 1.80. The molecule has 0 atom stereocenters. The first kappa shape index (κ1) is 35.9. The first-order valence-electron chi connectivity index (χ1n) is 20.8. The molecule has 12 aromatic rings. The van der Waals surface area contributed by atoms with Crippen molar-refractivity contribution in [3.8, 4) is 73.2 Å². The van der Waals surface area contributed by atoms with Gasteiger partial charge in [-0.1, -0.05) is 164 Å². The molecule has 290 valence electrons. The standard InChI is InChI=1S/C57H36N4S/c1-4-14-37(15-5-1)38-26-28-40(29-27-38)56-58-55(39-16-6-2-7-17-39)59-57(60-56)47-23-13-25-53-54(47)49-36-44(31-33-52(49)62-53)42-19-12-18-41(34-42)43-30-32-51-48(35-43)46-22-10-11-24-50(46)61(51)45-20-8-3-9-21-45/h1-36H. The van der Waals surface area contributed by atoms with Crippen LogP contribution in [0.1, 0.15) is 0 Å². The Morgan fingerprint density at radius 1 is 0.306 bits per heavy atom. The summed E-state index contributed by atoms with van der Waals surface area (Å²) in [7, 11) is 0. The summed E-state index contributed by atoms with van der Waals surface area (Å²) < 4.78 is 4.78. The maximum Gasteiger partial charge on any atom is 0.164 e. The molecule has 0 unspecified atom stereocenters. The van der Waals surface area contributed by atoms with E-state index < -0.39 is 0 Å². The van der Waals surface area contributed by atoms with E-state index >= 15 is 0 Å². The molecule has 9 aromatic carbocycles. The maximum atomic E-state index is 5.20. The van der Waals surface area contributed by atoms with Crippen LogP contribution in [-0.4, -0.2) is 19.5 Å². The van der Waals surface area contributed by atoms with Crippen LogP contribution in [0.4, 0.5) is 0 Å². The molecule has 3 aromatic heterocycles. The number of thiophene rings is 1. The molecule has 0 amide bonds. The summed E-state index contributed by atoms with van der Waals surface area (Å²) in [4.78, 5) is 15.4. The molecule has 0 radical (unpaired) electrons. The summed E-state index contributed by atoms with van der Waals surface area (Å²) in [5.41, 5.74) is 13.5. The first-order chi connectivity index (χ1) is 30.7. The molecular formula is C57H36N4S. The summed E-state index contributed by atoms with van der Waals surface area (Å²) in [5, 5.41) is 4.83. The van der Waals surface area contributed by atoms with Crippen molar-refractivity contribution in [1.82, 2.24) is 19.5 Å². The molecule has 0 fully saturated rings. The smallest absolute Gasteiger partial charge is 0.164 e. The van der Waals surface area contributed by atoms with Gasteiger partial charge in [-0.25, -0.2) is 15.0 Å². The second kappa shape index (κ2) is 14.9. The van der Waals surface area contributed by atoms with Gasteiger partial charge in [-0.15, -0.1) is 11.3 Å². The normalized spacial score (nSPS) is 11.5. The van der Waals surface area contributed by atoms with Crippen molar-refractivity contribution in [2.45, 2.75) is 0 Å². The van der Waals surface area contributed by atoms with Crippen molar-refractivity contribution in [3.63, 3.8) is 0 Å². The monoisotopic (exact) mass is 808 g/mol. The number of para-hydroxylation sites is 2. The highest BCUT2D eigenvalue weighted by Gasteiger charge is 2.18. The van der Waals surface area contributed by atoms with E-state index in [1.54, 1.807) is 11.3 Å². The molecule has 0 saturated carbocycles. The Kier molecular flexibility index (Phi) is 8.65. The minimum absolute atomic E-state index is 0.644. The van der Waals surface area contributed by atoms with Crippen LogP contribution in [0.5, 0.6) is 0 Å². The van der Waals surface area contributed by atoms with Crippen LogP contribution in [0.2, 0.25) is 0 Å². The molecule has 0 spiro atoms. The number of hydrogen-bond acceptors (Lipinski definition) is 4. The average Bonchev–Trinajstić information content (AvgIpc) is 3.90. The molecule has 0 N–H and O–H groups in total. The van der Waals surface area contributed by atoms with Crippen molar-refractivity contribution in [3.05, 3.63) is 218 Å². The van der Waals surface area contributed by atoms with Crippen molar-refractivity contribution in [2.75, 3.05) is 0 Å². The fourth-order valence-corrected chi connectivity index (χ4v) is 9.98. The van der Waals surface area contributed by atoms with E-state index in [9.17, 15) is 0 Å². The molecule has 62 heavy (non-hydrogen) atoms. The molecule has 0 bridgehead atoms. The second-order valence-electron chi connectivity index (χ2n) is 15.6. The van der Waals surface area contributed by atoms with Gasteiger partial charge in [0.05, 0.1) is 11.0 Å². The highest BCUT2D eigenvalue weighted by molar-refractivity contribution is 7.26. The van der Waals surface area contributed by atoms with Crippen LogP contribution in [0, 0.1) is 0 Å². The van der Waals surface area contributed by atoms with Gasteiger partial charge in [0.2, 0.25) is 0 Å². The molecular weight excluding hydrogens is 773 g/mol. The minimum Gasteiger partial charge on any atom is -0.309 e. The Bertz CT molecular complexity index is 3610. The van der Waals surface area contributed by atoms with Crippen molar-refractivity contribution < 1.29 is 0 Å². The molecule has 4 nitrogen and oxygen atoms in total. The fraction of sp³-hybridized carbons (Fsp3) is 0. The summed E-state index contributed by atoms with van der Waals surface area (Å²) in [6.45, 7) is 0. The SMILES string of the molecule is c1ccc(-c2ccc(-c3nc(-c4ccccc4)nc(-c4cccc5sc6ccc(-c7cccc(-c8ccc9c(c8)c8ccccc8n9-c8ccccc8)c7)cc6c45)n3)cc2)cc1. The van der Waals surface area contributed by atoms with Gasteiger partial charge in [-0.2, -0.15) is 0 Å². The van der Waals surface area contributed by atoms with Crippen LogP contribution in [0.15, 0.2) is 218 Å². The van der Waals surface area contributed by atoms with Crippen LogP contribution in [0.3, 0.4) is 0 Å². The zero-order valence-electron chi connectivity index (χ0n) is 33.5. The summed E-state index contributed by atoms with van der Waals surface area (Å²) in [5.74, 6) is 1.95. The predicted octanol–water partition coefficient (Wildman–Crippen LogP) is 15.3. The molecule has 0 aliphatic carbocycles. The van der Waals surface area contributed by atoms with E-state index in [4.69, 9.17) is 15.0 Å².